The molecule has 0 saturated carbocycles. The van der Waals surface area contributed by atoms with Crippen LogP contribution in [-0.4, -0.2) is 38.8 Å². The zero-order valence-corrected chi connectivity index (χ0v) is 23.5. The first-order chi connectivity index (χ1) is 20.9. The number of nitrogens with two attached hydrogens (primary N) is 2. The Labute approximate surface area is 250 Å². The number of carbonyl (C=O) groups is 3. The molecule has 5 N–H and O–H groups in total. The van der Waals surface area contributed by atoms with Gasteiger partial charge < -0.3 is 31.2 Å². The minimum absolute atomic E-state index is 0.00198. The minimum Gasteiger partial charge on any atom is -0.454 e. The number of hydrogen-bond acceptors (Lipinski definition) is 9. The summed E-state index contributed by atoms with van der Waals surface area (Å²) in [5.41, 5.74) is 14.2. The largest absolute Gasteiger partial charge is 0.454 e. The lowest BCUT2D eigenvalue weighted by molar-refractivity contribution is -0.126. The number of hydrogen-bond donors (Lipinski definition) is 3. The van der Waals surface area contributed by atoms with Crippen LogP contribution in [0.1, 0.15) is 42.9 Å². The van der Waals surface area contributed by atoms with Crippen molar-refractivity contribution in [2.75, 3.05) is 12.5 Å². The highest BCUT2D eigenvalue weighted by atomic mass is 32.1. The van der Waals surface area contributed by atoms with Crippen molar-refractivity contribution in [3.05, 3.63) is 112 Å². The first kappa shape index (κ1) is 27.7. The maximum atomic E-state index is 14.3. The van der Waals surface area contributed by atoms with Gasteiger partial charge in [-0.25, -0.2) is 0 Å². The van der Waals surface area contributed by atoms with Gasteiger partial charge >= 0.3 is 0 Å². The highest BCUT2D eigenvalue weighted by Gasteiger charge is 2.35. The van der Waals surface area contributed by atoms with Gasteiger partial charge in [-0.2, -0.15) is 4.37 Å². The quantitative estimate of drug-likeness (QED) is 0.232. The molecule has 0 fully saturated rings. The van der Waals surface area contributed by atoms with Crippen LogP contribution in [-0.2, 0) is 17.9 Å². The highest BCUT2D eigenvalue weighted by Crippen LogP contribution is 2.35. The van der Waals surface area contributed by atoms with Crippen LogP contribution < -0.4 is 26.3 Å². The van der Waals surface area contributed by atoms with Crippen molar-refractivity contribution in [1.29, 1.82) is 0 Å². The van der Waals surface area contributed by atoms with Gasteiger partial charge in [-0.1, -0.05) is 48.5 Å². The van der Waals surface area contributed by atoms with E-state index in [1.165, 1.54) is 4.90 Å². The average Bonchev–Trinajstić information content (AvgIpc) is 3.66. The van der Waals surface area contributed by atoms with Gasteiger partial charge in [0.1, 0.15) is 10.9 Å². The summed E-state index contributed by atoms with van der Waals surface area (Å²) in [6, 6.07) is 22.7. The zero-order chi connectivity index (χ0) is 29.9. The van der Waals surface area contributed by atoms with Crippen LogP contribution in [0.5, 0.6) is 11.5 Å². The Kier molecular flexibility index (Phi) is 7.58. The molecular weight excluding hydrogens is 568 g/mol. The fourth-order valence-corrected chi connectivity index (χ4v) is 5.66. The number of aromatic nitrogens is 2. The van der Waals surface area contributed by atoms with Crippen LogP contribution in [0.3, 0.4) is 0 Å². The molecule has 0 saturated heterocycles. The van der Waals surface area contributed by atoms with E-state index in [9.17, 15) is 14.4 Å². The van der Waals surface area contributed by atoms with Crippen molar-refractivity contribution in [2.45, 2.75) is 19.1 Å². The predicted molar refractivity (Wildman–Crippen MR) is 160 cm³/mol. The lowest BCUT2D eigenvalue weighted by atomic mass is 10.00. The number of nitrogen functional groups attached to an aromatic ring is 1. The molecule has 2 aromatic heterocycles. The second-order valence-corrected chi connectivity index (χ2v) is 10.6. The number of nitrogens with zero attached hydrogens (tertiary/aromatic N) is 3. The number of rotatable bonds is 9. The number of fused-ring (bicyclic) bond motifs is 2. The molecule has 0 radical (unpaired) electrons. The Morgan fingerprint density at radius 1 is 0.953 bits per heavy atom. The van der Waals surface area contributed by atoms with E-state index in [1.54, 1.807) is 42.6 Å². The summed E-state index contributed by atoms with van der Waals surface area (Å²) in [4.78, 5) is 46.1. The predicted octanol–water partition coefficient (Wildman–Crippen LogP) is 3.80. The third-order valence-corrected chi connectivity index (χ3v) is 7.87. The topological polar surface area (TPSA) is 163 Å². The number of primary amides is 1. The summed E-state index contributed by atoms with van der Waals surface area (Å²) in [5.74, 6) is -0.751. The second-order valence-electron chi connectivity index (χ2n) is 9.82. The lowest BCUT2D eigenvalue weighted by Gasteiger charge is -2.31. The van der Waals surface area contributed by atoms with Crippen molar-refractivity contribution >= 4 is 45.8 Å². The zero-order valence-electron chi connectivity index (χ0n) is 22.7. The molecule has 1 aliphatic heterocycles. The molecular formula is C31H26N6O5S. The Balaban J connectivity index is 1.45. The molecule has 12 heteroatoms. The molecule has 216 valence electrons. The summed E-state index contributed by atoms with van der Waals surface area (Å²) in [6.07, 6.45) is 1.68. The molecule has 43 heavy (non-hydrogen) atoms. The van der Waals surface area contributed by atoms with E-state index in [1.807, 2.05) is 42.5 Å². The van der Waals surface area contributed by atoms with Gasteiger partial charge in [-0.05, 0) is 58.6 Å². The lowest BCUT2D eigenvalue weighted by Crippen LogP contribution is -2.43. The molecule has 0 bridgehead atoms. The van der Waals surface area contributed by atoms with Gasteiger partial charge in [0.05, 0.1) is 11.2 Å². The molecule has 3 heterocycles. The van der Waals surface area contributed by atoms with Crippen molar-refractivity contribution in [2.24, 2.45) is 5.73 Å². The van der Waals surface area contributed by atoms with Crippen molar-refractivity contribution < 1.29 is 23.9 Å². The maximum absolute atomic E-state index is 14.3. The number of nitrogens with one attached hydrogen (secondary N) is 1. The minimum atomic E-state index is -1.11. The Morgan fingerprint density at radius 3 is 2.56 bits per heavy atom. The molecule has 0 aliphatic carbocycles. The first-order valence-corrected chi connectivity index (χ1v) is 14.1. The number of anilines is 1. The van der Waals surface area contributed by atoms with E-state index < -0.39 is 23.8 Å². The van der Waals surface area contributed by atoms with E-state index in [0.29, 0.717) is 22.6 Å². The fraction of sp³-hybridized carbons (Fsp3) is 0.129. The second kappa shape index (κ2) is 11.8. The van der Waals surface area contributed by atoms with Gasteiger partial charge in [0.15, 0.2) is 17.2 Å². The first-order valence-electron chi connectivity index (χ1n) is 13.3. The number of carbonyl (C=O) groups excluding carboxylic acids is 3. The van der Waals surface area contributed by atoms with E-state index in [0.717, 1.165) is 28.0 Å². The normalized spacial score (nSPS) is 12.6. The summed E-state index contributed by atoms with van der Waals surface area (Å²) in [5, 5.41) is 3.78. The van der Waals surface area contributed by atoms with Crippen LogP contribution >= 0.6 is 11.5 Å². The smallest absolute Gasteiger partial charge is 0.270 e. The third-order valence-electron chi connectivity index (χ3n) is 7.02. The van der Waals surface area contributed by atoms with Crippen LogP contribution in [0.25, 0.3) is 10.9 Å². The average molecular weight is 595 g/mol. The highest BCUT2D eigenvalue weighted by molar-refractivity contribution is 7.09. The van der Waals surface area contributed by atoms with Crippen molar-refractivity contribution in [1.82, 2.24) is 19.6 Å². The Morgan fingerprint density at radius 2 is 1.77 bits per heavy atom. The van der Waals surface area contributed by atoms with Crippen LogP contribution in [0.15, 0.2) is 85.1 Å². The van der Waals surface area contributed by atoms with Crippen LogP contribution in [0, 0.1) is 0 Å². The van der Waals surface area contributed by atoms with Crippen LogP contribution in [0.2, 0.25) is 0 Å². The van der Waals surface area contributed by atoms with Gasteiger partial charge in [0.2, 0.25) is 12.7 Å². The van der Waals surface area contributed by atoms with Crippen molar-refractivity contribution in [3.63, 3.8) is 0 Å². The molecule has 3 aromatic carbocycles. The SMILES string of the molecule is NC(=O)c1nsc(C(=O)N(Cc2ccc3c(c2)OCO3)C(C(=O)NCc2ccccc2)c2ccc3ncccc3c2)c1N. The van der Waals surface area contributed by atoms with E-state index >= 15 is 0 Å². The molecule has 0 spiro atoms. The number of benzene rings is 3. The standard InChI is InChI=1S/C31H26N6O5S/c32-25-26(29(33)38)36-43-28(25)31(40)37(16-19-8-11-23-24(13-19)42-17-41-23)27(30(39)35-15-18-5-2-1-3-6-18)21-9-10-22-20(14-21)7-4-12-34-22/h1-14,27H,15-17,32H2,(H2,33,38)(H,35,39). The summed E-state index contributed by atoms with van der Waals surface area (Å²) >= 11 is 0.755. The van der Waals surface area contributed by atoms with E-state index in [4.69, 9.17) is 20.9 Å². The molecule has 6 rings (SSSR count). The number of pyridine rings is 1. The molecule has 1 atom stereocenters. The van der Waals surface area contributed by atoms with Gasteiger partial charge in [-0.3, -0.25) is 19.4 Å². The van der Waals surface area contributed by atoms with Crippen molar-refractivity contribution in [3.8, 4) is 11.5 Å². The molecule has 3 amide bonds. The molecule has 11 nitrogen and oxygen atoms in total. The van der Waals surface area contributed by atoms with Crippen LogP contribution in [0.4, 0.5) is 5.69 Å². The maximum Gasteiger partial charge on any atom is 0.270 e. The van der Waals surface area contributed by atoms with Gasteiger partial charge in [-0.15, -0.1) is 0 Å². The van der Waals surface area contributed by atoms with Gasteiger partial charge in [0.25, 0.3) is 11.8 Å². The molecule has 1 aliphatic rings. The molecule has 5 aromatic rings. The van der Waals surface area contributed by atoms with E-state index in [-0.39, 0.29) is 36.1 Å². The van der Waals surface area contributed by atoms with Gasteiger partial charge in [0, 0.05) is 24.7 Å². The van der Waals surface area contributed by atoms with E-state index in [2.05, 4.69) is 14.7 Å². The fourth-order valence-electron chi connectivity index (χ4n) is 4.89. The monoisotopic (exact) mass is 594 g/mol. The number of amides is 3. The summed E-state index contributed by atoms with van der Waals surface area (Å²) in [6.45, 7) is 0.323. The number of ether oxygens (including phenoxy) is 2. The summed E-state index contributed by atoms with van der Waals surface area (Å²) < 4.78 is 15.0. The third kappa shape index (κ3) is 5.68. The Hall–Kier alpha value is -5.49. The summed E-state index contributed by atoms with van der Waals surface area (Å²) in [7, 11) is 0. The Bertz CT molecular complexity index is 1840. The molecule has 1 unspecified atom stereocenters.